The monoisotopic (exact) mass is 304 g/mol. The number of aromatic nitrogens is 2. The summed E-state index contributed by atoms with van der Waals surface area (Å²) in [5.74, 6) is 0.0578. The Morgan fingerprint density at radius 1 is 1.32 bits per heavy atom. The smallest absolute Gasteiger partial charge is 0.259 e. The molecular weight excluding hydrogens is 280 g/mol. The van der Waals surface area contributed by atoms with Crippen LogP contribution in [0.1, 0.15) is 54.9 Å². The van der Waals surface area contributed by atoms with Crippen LogP contribution in [0, 0.1) is 6.92 Å². The van der Waals surface area contributed by atoms with Crippen molar-refractivity contribution < 1.29 is 9.32 Å². The van der Waals surface area contributed by atoms with Crippen molar-refractivity contribution in [1.29, 1.82) is 0 Å². The van der Waals surface area contributed by atoms with Gasteiger partial charge in [0.2, 0.25) is 0 Å². The van der Waals surface area contributed by atoms with Gasteiger partial charge in [0, 0.05) is 18.8 Å². The molecule has 6 heteroatoms. The van der Waals surface area contributed by atoms with E-state index in [1.54, 1.807) is 6.07 Å². The fourth-order valence-corrected chi connectivity index (χ4v) is 2.33. The molecule has 0 saturated heterocycles. The first-order valence-electron chi connectivity index (χ1n) is 7.80. The largest absolute Gasteiger partial charge is 0.351 e. The lowest BCUT2D eigenvalue weighted by Crippen LogP contribution is -2.32. The van der Waals surface area contributed by atoms with Crippen molar-refractivity contribution in [3.8, 4) is 0 Å². The van der Waals surface area contributed by atoms with E-state index in [0.29, 0.717) is 17.8 Å². The molecule has 0 fully saturated rings. The summed E-state index contributed by atoms with van der Waals surface area (Å²) in [7, 11) is 0. The fraction of sp³-hybridized carbons (Fsp3) is 0.562. The SMILES string of the molecule is CCCNCCNC(=O)c1cc(C)nc2onc(C(C)C)c12. The van der Waals surface area contributed by atoms with Gasteiger partial charge in [0.05, 0.1) is 16.6 Å². The maximum atomic E-state index is 12.5. The van der Waals surface area contributed by atoms with Crippen LogP contribution in [0.2, 0.25) is 0 Å². The molecule has 2 rings (SSSR count). The average Bonchev–Trinajstić information content (AvgIpc) is 2.89. The van der Waals surface area contributed by atoms with E-state index in [1.807, 2.05) is 20.8 Å². The predicted octanol–water partition coefficient (Wildman–Crippen LogP) is 2.38. The highest BCUT2D eigenvalue weighted by Crippen LogP contribution is 2.27. The van der Waals surface area contributed by atoms with Crippen molar-refractivity contribution >= 4 is 17.0 Å². The van der Waals surface area contributed by atoms with Crippen LogP contribution in [-0.4, -0.2) is 35.7 Å². The molecule has 0 aliphatic heterocycles. The number of fused-ring (bicyclic) bond motifs is 1. The molecule has 2 aromatic heterocycles. The van der Waals surface area contributed by atoms with E-state index in [9.17, 15) is 4.79 Å². The Labute approximate surface area is 130 Å². The summed E-state index contributed by atoms with van der Waals surface area (Å²) < 4.78 is 5.29. The Balaban J connectivity index is 2.21. The average molecular weight is 304 g/mol. The van der Waals surface area contributed by atoms with Crippen LogP contribution in [0.4, 0.5) is 0 Å². The summed E-state index contributed by atoms with van der Waals surface area (Å²) in [6.45, 7) is 10.3. The van der Waals surface area contributed by atoms with Crippen LogP contribution in [0.3, 0.4) is 0 Å². The van der Waals surface area contributed by atoms with Gasteiger partial charge in [-0.1, -0.05) is 25.9 Å². The number of amides is 1. The van der Waals surface area contributed by atoms with Crippen molar-refractivity contribution in [3.63, 3.8) is 0 Å². The van der Waals surface area contributed by atoms with Gasteiger partial charge in [-0.3, -0.25) is 4.79 Å². The summed E-state index contributed by atoms with van der Waals surface area (Å²) in [6.07, 6.45) is 1.08. The van der Waals surface area contributed by atoms with E-state index in [-0.39, 0.29) is 11.8 Å². The standard InChI is InChI=1S/C16H24N4O2/c1-5-6-17-7-8-18-15(21)12-9-11(4)19-16-13(12)14(10(2)3)20-22-16/h9-10,17H,5-8H2,1-4H3,(H,18,21). The maximum absolute atomic E-state index is 12.5. The van der Waals surface area contributed by atoms with Gasteiger partial charge in [0.1, 0.15) is 0 Å². The lowest BCUT2D eigenvalue weighted by atomic mass is 10.0. The molecule has 0 aromatic carbocycles. The quantitative estimate of drug-likeness (QED) is 0.768. The minimum atomic E-state index is -0.112. The highest BCUT2D eigenvalue weighted by Gasteiger charge is 2.21. The van der Waals surface area contributed by atoms with Gasteiger partial charge in [-0.25, -0.2) is 4.98 Å². The van der Waals surface area contributed by atoms with Crippen LogP contribution in [0.15, 0.2) is 10.6 Å². The zero-order valence-corrected chi connectivity index (χ0v) is 13.7. The summed E-state index contributed by atoms with van der Waals surface area (Å²) in [6, 6.07) is 1.79. The molecule has 2 heterocycles. The second-order valence-corrected chi connectivity index (χ2v) is 5.72. The first-order chi connectivity index (χ1) is 10.5. The number of nitrogens with zero attached hydrogens (tertiary/aromatic N) is 2. The molecule has 0 aliphatic rings. The third-order valence-corrected chi connectivity index (χ3v) is 3.41. The first-order valence-corrected chi connectivity index (χ1v) is 7.80. The zero-order valence-electron chi connectivity index (χ0n) is 13.7. The number of pyridine rings is 1. The Morgan fingerprint density at radius 2 is 2.09 bits per heavy atom. The lowest BCUT2D eigenvalue weighted by molar-refractivity contribution is 0.0955. The summed E-state index contributed by atoms with van der Waals surface area (Å²) in [5, 5.41) is 11.0. The molecule has 0 aliphatic carbocycles. The van der Waals surface area contributed by atoms with E-state index in [2.05, 4.69) is 27.7 Å². The minimum Gasteiger partial charge on any atom is -0.351 e. The Morgan fingerprint density at radius 3 is 2.77 bits per heavy atom. The molecule has 1 amide bonds. The fourth-order valence-electron chi connectivity index (χ4n) is 2.33. The predicted molar refractivity (Wildman–Crippen MR) is 86.1 cm³/mol. The molecule has 0 spiro atoms. The normalized spacial score (nSPS) is 11.3. The number of hydrogen-bond acceptors (Lipinski definition) is 5. The molecule has 2 N–H and O–H groups in total. The van der Waals surface area contributed by atoms with E-state index >= 15 is 0 Å². The number of carbonyl (C=O) groups is 1. The second kappa shape index (κ2) is 7.35. The Hall–Kier alpha value is -1.95. The van der Waals surface area contributed by atoms with Gasteiger partial charge >= 0.3 is 0 Å². The van der Waals surface area contributed by atoms with Gasteiger partial charge in [0.15, 0.2) is 0 Å². The summed E-state index contributed by atoms with van der Waals surface area (Å²) >= 11 is 0. The lowest BCUT2D eigenvalue weighted by Gasteiger charge is -2.08. The van der Waals surface area contributed by atoms with Crippen molar-refractivity contribution in [2.24, 2.45) is 0 Å². The van der Waals surface area contributed by atoms with E-state index in [1.165, 1.54) is 0 Å². The molecule has 22 heavy (non-hydrogen) atoms. The summed E-state index contributed by atoms with van der Waals surface area (Å²) in [5.41, 5.74) is 2.53. The number of hydrogen-bond donors (Lipinski definition) is 2. The number of nitrogens with one attached hydrogen (secondary N) is 2. The van der Waals surface area contributed by atoms with Crippen molar-refractivity contribution in [2.45, 2.75) is 40.0 Å². The van der Waals surface area contributed by atoms with Gasteiger partial charge in [0.25, 0.3) is 11.6 Å². The van der Waals surface area contributed by atoms with Crippen molar-refractivity contribution in [3.05, 3.63) is 23.0 Å². The molecular formula is C16H24N4O2. The highest BCUT2D eigenvalue weighted by molar-refractivity contribution is 6.06. The Kier molecular flexibility index (Phi) is 5.49. The van der Waals surface area contributed by atoms with Crippen molar-refractivity contribution in [1.82, 2.24) is 20.8 Å². The molecule has 0 radical (unpaired) electrons. The maximum Gasteiger partial charge on any atom is 0.259 e. The van der Waals surface area contributed by atoms with Crippen LogP contribution < -0.4 is 10.6 Å². The van der Waals surface area contributed by atoms with Crippen LogP contribution >= 0.6 is 0 Å². The third-order valence-electron chi connectivity index (χ3n) is 3.41. The minimum absolute atomic E-state index is 0.112. The molecule has 0 unspecified atom stereocenters. The molecule has 120 valence electrons. The number of carbonyl (C=O) groups excluding carboxylic acids is 1. The Bertz CT molecular complexity index is 649. The van der Waals surface area contributed by atoms with Gasteiger partial charge < -0.3 is 15.2 Å². The molecule has 0 atom stereocenters. The number of aryl methyl sites for hydroxylation is 1. The zero-order chi connectivity index (χ0) is 16.1. The highest BCUT2D eigenvalue weighted by atomic mass is 16.5. The van der Waals surface area contributed by atoms with E-state index in [4.69, 9.17) is 4.52 Å². The van der Waals surface area contributed by atoms with Gasteiger partial charge in [-0.15, -0.1) is 0 Å². The van der Waals surface area contributed by atoms with Crippen LogP contribution in [0.5, 0.6) is 0 Å². The summed E-state index contributed by atoms with van der Waals surface area (Å²) in [4.78, 5) is 16.8. The third kappa shape index (κ3) is 3.62. The van der Waals surface area contributed by atoms with E-state index in [0.717, 1.165) is 36.3 Å². The molecule has 0 bridgehead atoms. The van der Waals surface area contributed by atoms with Crippen LogP contribution in [-0.2, 0) is 0 Å². The van der Waals surface area contributed by atoms with Crippen LogP contribution in [0.25, 0.3) is 11.1 Å². The van der Waals surface area contributed by atoms with Gasteiger partial charge in [-0.2, -0.15) is 0 Å². The second-order valence-electron chi connectivity index (χ2n) is 5.72. The molecule has 2 aromatic rings. The topological polar surface area (TPSA) is 80.0 Å². The molecule has 6 nitrogen and oxygen atoms in total. The number of rotatable bonds is 7. The first kappa shape index (κ1) is 16.4. The van der Waals surface area contributed by atoms with E-state index < -0.39 is 0 Å². The van der Waals surface area contributed by atoms with Gasteiger partial charge in [-0.05, 0) is 31.9 Å². The molecule has 0 saturated carbocycles. The van der Waals surface area contributed by atoms with Crippen molar-refractivity contribution in [2.75, 3.05) is 19.6 Å².